The van der Waals surface area contributed by atoms with Gasteiger partial charge in [-0.15, -0.1) is 11.3 Å². The minimum atomic E-state index is -0.146. The van der Waals surface area contributed by atoms with Crippen LogP contribution in [0.3, 0.4) is 0 Å². The maximum absolute atomic E-state index is 12.1. The maximum Gasteiger partial charge on any atom is 0.242 e. The van der Waals surface area contributed by atoms with Crippen molar-refractivity contribution < 1.29 is 4.79 Å². The van der Waals surface area contributed by atoms with Crippen molar-refractivity contribution in [1.29, 1.82) is 0 Å². The number of nitrogens with one attached hydrogen (secondary N) is 2. The summed E-state index contributed by atoms with van der Waals surface area (Å²) >= 11 is 1.58. The molecule has 2 aromatic rings. The summed E-state index contributed by atoms with van der Waals surface area (Å²) in [6.07, 6.45) is 1.55. The van der Waals surface area contributed by atoms with E-state index in [1.807, 2.05) is 29.1 Å². The van der Waals surface area contributed by atoms with Crippen LogP contribution in [0.2, 0.25) is 0 Å². The Labute approximate surface area is 115 Å². The number of nitrogens with zero attached hydrogens (tertiary/aromatic N) is 1. The number of rotatable bonds is 4. The zero-order chi connectivity index (χ0) is 13.1. The summed E-state index contributed by atoms with van der Waals surface area (Å²) in [7, 11) is 0. The standard InChI is InChI=1S/C14H15N3OS/c18-14(15-6-5-11-8-19-9-16-11)13-7-10-3-1-2-4-12(10)17-13/h1-4,8-9,13,17H,5-7H2,(H,15,18)/t13-/m0/s1. The molecule has 0 fully saturated rings. The highest BCUT2D eigenvalue weighted by Crippen LogP contribution is 2.24. The molecule has 1 aliphatic heterocycles. The molecule has 98 valence electrons. The first-order valence-corrected chi connectivity index (χ1v) is 7.26. The van der Waals surface area contributed by atoms with Gasteiger partial charge in [-0.3, -0.25) is 4.79 Å². The molecule has 1 aliphatic rings. The van der Waals surface area contributed by atoms with Crippen LogP contribution in [0.15, 0.2) is 35.2 Å². The molecule has 5 heteroatoms. The molecule has 2 heterocycles. The summed E-state index contributed by atoms with van der Waals surface area (Å²) in [6.45, 7) is 0.636. The van der Waals surface area contributed by atoms with Crippen molar-refractivity contribution in [3.05, 3.63) is 46.4 Å². The van der Waals surface area contributed by atoms with E-state index in [-0.39, 0.29) is 11.9 Å². The molecular weight excluding hydrogens is 258 g/mol. The summed E-state index contributed by atoms with van der Waals surface area (Å²) in [6, 6.07) is 7.91. The fourth-order valence-corrected chi connectivity index (χ4v) is 2.85. The number of aromatic nitrogens is 1. The zero-order valence-corrected chi connectivity index (χ0v) is 11.2. The van der Waals surface area contributed by atoms with Gasteiger partial charge in [0.25, 0.3) is 0 Å². The van der Waals surface area contributed by atoms with Gasteiger partial charge in [-0.2, -0.15) is 0 Å². The predicted molar refractivity (Wildman–Crippen MR) is 76.4 cm³/mol. The van der Waals surface area contributed by atoms with E-state index in [0.717, 1.165) is 24.2 Å². The number of thiazole rings is 1. The van der Waals surface area contributed by atoms with Crippen LogP contribution in [-0.2, 0) is 17.6 Å². The lowest BCUT2D eigenvalue weighted by molar-refractivity contribution is -0.121. The first kappa shape index (κ1) is 12.2. The number of fused-ring (bicyclic) bond motifs is 1. The first-order chi connectivity index (χ1) is 9.33. The van der Waals surface area contributed by atoms with E-state index in [1.54, 1.807) is 11.3 Å². The monoisotopic (exact) mass is 273 g/mol. The van der Waals surface area contributed by atoms with Gasteiger partial charge in [0, 0.05) is 30.5 Å². The SMILES string of the molecule is O=C(NCCc1cscn1)[C@@H]1Cc2ccccc2N1. The summed E-state index contributed by atoms with van der Waals surface area (Å²) in [5.74, 6) is 0.0615. The Morgan fingerprint density at radius 1 is 1.47 bits per heavy atom. The van der Waals surface area contributed by atoms with E-state index in [9.17, 15) is 4.79 Å². The smallest absolute Gasteiger partial charge is 0.242 e. The number of para-hydroxylation sites is 1. The second-order valence-electron chi connectivity index (χ2n) is 4.58. The van der Waals surface area contributed by atoms with Crippen molar-refractivity contribution in [2.24, 2.45) is 0 Å². The van der Waals surface area contributed by atoms with Crippen molar-refractivity contribution in [2.75, 3.05) is 11.9 Å². The first-order valence-electron chi connectivity index (χ1n) is 6.32. The fraction of sp³-hybridized carbons (Fsp3) is 0.286. The molecule has 0 bridgehead atoms. The predicted octanol–water partition coefficient (Wildman–Crippen LogP) is 1.84. The third-order valence-corrected chi connectivity index (χ3v) is 3.89. The zero-order valence-electron chi connectivity index (χ0n) is 10.4. The molecule has 19 heavy (non-hydrogen) atoms. The Balaban J connectivity index is 1.50. The van der Waals surface area contributed by atoms with E-state index < -0.39 is 0 Å². The van der Waals surface area contributed by atoms with E-state index >= 15 is 0 Å². The van der Waals surface area contributed by atoms with Crippen LogP contribution in [0.25, 0.3) is 0 Å². The topological polar surface area (TPSA) is 54.0 Å². The summed E-state index contributed by atoms with van der Waals surface area (Å²) in [5.41, 5.74) is 5.13. The maximum atomic E-state index is 12.1. The number of carbonyl (C=O) groups is 1. The van der Waals surface area contributed by atoms with Crippen molar-refractivity contribution >= 4 is 22.9 Å². The summed E-state index contributed by atoms with van der Waals surface area (Å²) in [5, 5.41) is 8.22. The number of hydrogen-bond donors (Lipinski definition) is 2. The lowest BCUT2D eigenvalue weighted by atomic mass is 10.1. The third-order valence-electron chi connectivity index (χ3n) is 3.25. The Hall–Kier alpha value is -1.88. The van der Waals surface area contributed by atoms with Gasteiger partial charge >= 0.3 is 0 Å². The van der Waals surface area contributed by atoms with E-state index in [4.69, 9.17) is 0 Å². The molecule has 4 nitrogen and oxygen atoms in total. The highest BCUT2D eigenvalue weighted by atomic mass is 32.1. The molecule has 0 saturated heterocycles. The molecule has 2 N–H and O–H groups in total. The van der Waals surface area contributed by atoms with Gasteiger partial charge < -0.3 is 10.6 Å². The van der Waals surface area contributed by atoms with Gasteiger partial charge in [0.1, 0.15) is 6.04 Å². The van der Waals surface area contributed by atoms with E-state index in [2.05, 4.69) is 21.7 Å². The lowest BCUT2D eigenvalue weighted by Gasteiger charge is -2.11. The minimum absolute atomic E-state index is 0.0615. The number of amides is 1. The minimum Gasteiger partial charge on any atom is -0.373 e. The molecule has 0 saturated carbocycles. The average Bonchev–Trinajstić information content (AvgIpc) is 3.07. The van der Waals surface area contributed by atoms with Gasteiger partial charge in [0.05, 0.1) is 11.2 Å². The van der Waals surface area contributed by atoms with Gasteiger partial charge in [0.15, 0.2) is 0 Å². The van der Waals surface area contributed by atoms with E-state index in [1.165, 1.54) is 5.56 Å². The number of anilines is 1. The van der Waals surface area contributed by atoms with Crippen molar-refractivity contribution in [1.82, 2.24) is 10.3 Å². The van der Waals surface area contributed by atoms with Gasteiger partial charge in [-0.1, -0.05) is 18.2 Å². The summed E-state index contributed by atoms with van der Waals surface area (Å²) < 4.78 is 0. The normalized spacial score (nSPS) is 16.7. The molecule has 3 rings (SSSR count). The molecule has 1 aromatic carbocycles. The Kier molecular flexibility index (Phi) is 3.46. The van der Waals surface area contributed by atoms with Crippen molar-refractivity contribution in [2.45, 2.75) is 18.9 Å². The van der Waals surface area contributed by atoms with Gasteiger partial charge in [-0.05, 0) is 11.6 Å². The van der Waals surface area contributed by atoms with Crippen LogP contribution in [0.5, 0.6) is 0 Å². The van der Waals surface area contributed by atoms with Gasteiger partial charge in [0.2, 0.25) is 5.91 Å². The summed E-state index contributed by atoms with van der Waals surface area (Å²) in [4.78, 5) is 16.2. The molecule has 1 amide bonds. The number of carbonyl (C=O) groups excluding carboxylic acids is 1. The largest absolute Gasteiger partial charge is 0.373 e. The molecule has 0 spiro atoms. The highest BCUT2D eigenvalue weighted by Gasteiger charge is 2.25. The van der Waals surface area contributed by atoms with Crippen LogP contribution < -0.4 is 10.6 Å². The third kappa shape index (κ3) is 2.76. The molecule has 1 atom stereocenters. The quantitative estimate of drug-likeness (QED) is 0.893. The van der Waals surface area contributed by atoms with Crippen LogP contribution in [0.4, 0.5) is 5.69 Å². The average molecular weight is 273 g/mol. The van der Waals surface area contributed by atoms with Gasteiger partial charge in [-0.25, -0.2) is 4.98 Å². The van der Waals surface area contributed by atoms with Crippen molar-refractivity contribution in [3.63, 3.8) is 0 Å². The molecule has 0 aliphatic carbocycles. The number of benzene rings is 1. The van der Waals surface area contributed by atoms with Crippen molar-refractivity contribution in [3.8, 4) is 0 Å². The molecular formula is C14H15N3OS. The Morgan fingerprint density at radius 3 is 3.16 bits per heavy atom. The second kappa shape index (κ2) is 5.40. The Bertz CT molecular complexity index is 543. The highest BCUT2D eigenvalue weighted by molar-refractivity contribution is 7.07. The fourth-order valence-electron chi connectivity index (χ4n) is 2.25. The van der Waals surface area contributed by atoms with E-state index in [0.29, 0.717) is 6.54 Å². The molecule has 0 unspecified atom stereocenters. The Morgan fingerprint density at radius 2 is 2.37 bits per heavy atom. The van der Waals surface area contributed by atoms with Crippen LogP contribution in [0.1, 0.15) is 11.3 Å². The number of hydrogen-bond acceptors (Lipinski definition) is 4. The van der Waals surface area contributed by atoms with Crippen LogP contribution in [0, 0.1) is 0 Å². The van der Waals surface area contributed by atoms with Crippen LogP contribution in [-0.4, -0.2) is 23.5 Å². The van der Waals surface area contributed by atoms with Crippen LogP contribution >= 0.6 is 11.3 Å². The molecule has 0 radical (unpaired) electrons. The molecule has 1 aromatic heterocycles. The second-order valence-corrected chi connectivity index (χ2v) is 5.30. The lowest BCUT2D eigenvalue weighted by Crippen LogP contribution is -2.39.